The molecule has 21 heavy (non-hydrogen) atoms. The highest BCUT2D eigenvalue weighted by molar-refractivity contribution is 5.82. The van der Waals surface area contributed by atoms with Crippen molar-refractivity contribution in [2.75, 3.05) is 6.54 Å². The summed E-state index contributed by atoms with van der Waals surface area (Å²) in [5, 5.41) is 5.14. The van der Waals surface area contributed by atoms with Gasteiger partial charge in [-0.25, -0.2) is 0 Å². The summed E-state index contributed by atoms with van der Waals surface area (Å²) in [6.45, 7) is 5.78. The highest BCUT2D eigenvalue weighted by atomic mass is 14.9. The van der Waals surface area contributed by atoms with Crippen molar-refractivity contribution in [1.29, 1.82) is 0 Å². The van der Waals surface area contributed by atoms with Crippen LogP contribution in [0.2, 0.25) is 0 Å². The molecule has 1 aromatic carbocycles. The lowest BCUT2D eigenvalue weighted by atomic mass is 9.76. The Kier molecular flexibility index (Phi) is 4.25. The third-order valence-electron chi connectivity index (χ3n) is 5.03. The molecule has 112 valence electrons. The lowest BCUT2D eigenvalue weighted by molar-refractivity contribution is 0.225. The third-order valence-corrected chi connectivity index (χ3v) is 5.03. The molecule has 0 radical (unpaired) electrons. The number of nitrogens with zero attached hydrogens (tertiary/aromatic N) is 1. The van der Waals surface area contributed by atoms with Gasteiger partial charge in [-0.1, -0.05) is 44.9 Å². The Labute approximate surface area is 128 Å². The van der Waals surface area contributed by atoms with E-state index in [0.29, 0.717) is 11.5 Å². The van der Waals surface area contributed by atoms with E-state index in [1.807, 2.05) is 6.20 Å². The predicted molar refractivity (Wildman–Crippen MR) is 89.4 cm³/mol. The van der Waals surface area contributed by atoms with Crippen molar-refractivity contribution >= 4 is 10.9 Å². The molecule has 1 aliphatic carbocycles. The number of pyridine rings is 1. The second-order valence-corrected chi connectivity index (χ2v) is 6.67. The summed E-state index contributed by atoms with van der Waals surface area (Å²) in [5.74, 6) is 0. The molecule has 0 saturated heterocycles. The average molecular weight is 282 g/mol. The lowest BCUT2D eigenvalue weighted by Crippen LogP contribution is -2.35. The molecule has 2 aromatic rings. The Morgan fingerprint density at radius 3 is 2.76 bits per heavy atom. The maximum atomic E-state index is 4.53. The monoisotopic (exact) mass is 282 g/mol. The molecule has 1 aliphatic rings. The Hall–Kier alpha value is -1.41. The number of rotatable bonds is 5. The molecule has 0 aliphatic heterocycles. The van der Waals surface area contributed by atoms with E-state index >= 15 is 0 Å². The van der Waals surface area contributed by atoms with Gasteiger partial charge in [-0.15, -0.1) is 0 Å². The van der Waals surface area contributed by atoms with Crippen LogP contribution in [0, 0.1) is 5.41 Å². The maximum absolute atomic E-state index is 4.53. The van der Waals surface area contributed by atoms with Crippen LogP contribution in [0.25, 0.3) is 10.9 Å². The molecule has 1 saturated carbocycles. The van der Waals surface area contributed by atoms with Crippen LogP contribution in [-0.2, 0) is 0 Å². The van der Waals surface area contributed by atoms with Gasteiger partial charge in [0.25, 0.3) is 0 Å². The fourth-order valence-corrected chi connectivity index (χ4v) is 3.87. The van der Waals surface area contributed by atoms with Crippen LogP contribution in [0.15, 0.2) is 36.5 Å². The number of benzene rings is 1. The van der Waals surface area contributed by atoms with Gasteiger partial charge in [0.1, 0.15) is 0 Å². The SMILES string of the molecule is CCCNC(c1cccc2ncccc12)C1(C)CCCC1. The van der Waals surface area contributed by atoms with Crippen LogP contribution in [0.1, 0.15) is 57.6 Å². The van der Waals surface area contributed by atoms with Gasteiger partial charge in [0.05, 0.1) is 5.52 Å². The molecule has 1 atom stereocenters. The standard InChI is InChI=1S/C19H26N2/c1-3-13-21-18(19(2)11-4-5-12-19)16-8-6-10-17-15(16)9-7-14-20-17/h6-10,14,18,21H,3-5,11-13H2,1-2H3. The molecule has 1 unspecified atom stereocenters. The summed E-state index contributed by atoms with van der Waals surface area (Å²) < 4.78 is 0. The van der Waals surface area contributed by atoms with Gasteiger partial charge in [0.15, 0.2) is 0 Å². The highest BCUT2D eigenvalue weighted by Crippen LogP contribution is 2.48. The first-order valence-electron chi connectivity index (χ1n) is 8.31. The molecule has 1 heterocycles. The first kappa shape index (κ1) is 14.5. The predicted octanol–water partition coefficient (Wildman–Crippen LogP) is 4.86. The summed E-state index contributed by atoms with van der Waals surface area (Å²) in [6.07, 6.45) is 8.44. The van der Waals surface area contributed by atoms with E-state index in [2.05, 4.69) is 54.5 Å². The Morgan fingerprint density at radius 2 is 2.00 bits per heavy atom. The van der Waals surface area contributed by atoms with Crippen LogP contribution in [-0.4, -0.2) is 11.5 Å². The van der Waals surface area contributed by atoms with Crippen LogP contribution in [0.5, 0.6) is 0 Å². The minimum atomic E-state index is 0.374. The molecule has 1 aromatic heterocycles. The second-order valence-electron chi connectivity index (χ2n) is 6.67. The van der Waals surface area contributed by atoms with Crippen LogP contribution in [0.4, 0.5) is 0 Å². The van der Waals surface area contributed by atoms with E-state index in [1.54, 1.807) is 0 Å². The molecule has 3 rings (SSSR count). The largest absolute Gasteiger partial charge is 0.309 e. The van der Waals surface area contributed by atoms with E-state index in [0.717, 1.165) is 12.1 Å². The van der Waals surface area contributed by atoms with Crippen LogP contribution >= 0.6 is 0 Å². The van der Waals surface area contributed by atoms with Gasteiger partial charge >= 0.3 is 0 Å². The zero-order chi connectivity index (χ0) is 14.7. The third kappa shape index (κ3) is 2.82. The minimum absolute atomic E-state index is 0.374. The average Bonchev–Trinajstić information content (AvgIpc) is 2.95. The van der Waals surface area contributed by atoms with Crippen molar-refractivity contribution in [2.45, 2.75) is 52.0 Å². The lowest BCUT2D eigenvalue weighted by Gasteiger charge is -2.36. The Balaban J connectivity index is 2.05. The smallest absolute Gasteiger partial charge is 0.0705 e. The molecular weight excluding hydrogens is 256 g/mol. The molecule has 0 spiro atoms. The van der Waals surface area contributed by atoms with Gasteiger partial charge in [-0.2, -0.15) is 0 Å². The number of nitrogens with one attached hydrogen (secondary N) is 1. The van der Waals surface area contributed by atoms with Gasteiger partial charge < -0.3 is 5.32 Å². The number of hydrogen-bond donors (Lipinski definition) is 1. The quantitative estimate of drug-likeness (QED) is 0.847. The zero-order valence-electron chi connectivity index (χ0n) is 13.2. The van der Waals surface area contributed by atoms with Gasteiger partial charge in [-0.3, -0.25) is 4.98 Å². The number of aromatic nitrogens is 1. The summed E-state index contributed by atoms with van der Waals surface area (Å²) in [6, 6.07) is 11.3. The highest BCUT2D eigenvalue weighted by Gasteiger charge is 2.38. The van der Waals surface area contributed by atoms with Gasteiger partial charge in [0, 0.05) is 17.6 Å². The van der Waals surface area contributed by atoms with E-state index in [1.165, 1.54) is 43.1 Å². The molecule has 2 heteroatoms. The van der Waals surface area contributed by atoms with Gasteiger partial charge in [-0.05, 0) is 48.9 Å². The minimum Gasteiger partial charge on any atom is -0.309 e. The fraction of sp³-hybridized carbons (Fsp3) is 0.526. The molecule has 2 nitrogen and oxygen atoms in total. The van der Waals surface area contributed by atoms with E-state index in [4.69, 9.17) is 0 Å². The summed E-state index contributed by atoms with van der Waals surface area (Å²) in [5.41, 5.74) is 2.91. The topological polar surface area (TPSA) is 24.9 Å². The Bertz CT molecular complexity index is 594. The van der Waals surface area contributed by atoms with Crippen molar-refractivity contribution in [2.24, 2.45) is 5.41 Å². The summed E-state index contributed by atoms with van der Waals surface area (Å²) in [7, 11) is 0. The summed E-state index contributed by atoms with van der Waals surface area (Å²) in [4.78, 5) is 4.53. The molecule has 1 N–H and O–H groups in total. The van der Waals surface area contributed by atoms with Crippen molar-refractivity contribution in [3.63, 3.8) is 0 Å². The van der Waals surface area contributed by atoms with Crippen molar-refractivity contribution in [3.05, 3.63) is 42.1 Å². The first-order chi connectivity index (χ1) is 10.2. The molecule has 0 bridgehead atoms. The van der Waals surface area contributed by atoms with Gasteiger partial charge in [0.2, 0.25) is 0 Å². The van der Waals surface area contributed by atoms with Crippen molar-refractivity contribution in [3.8, 4) is 0 Å². The maximum Gasteiger partial charge on any atom is 0.0705 e. The Morgan fingerprint density at radius 1 is 1.19 bits per heavy atom. The molecule has 0 amide bonds. The van der Waals surface area contributed by atoms with E-state index in [9.17, 15) is 0 Å². The fourth-order valence-electron chi connectivity index (χ4n) is 3.87. The second kappa shape index (κ2) is 6.15. The van der Waals surface area contributed by atoms with E-state index < -0.39 is 0 Å². The van der Waals surface area contributed by atoms with Crippen molar-refractivity contribution in [1.82, 2.24) is 10.3 Å². The zero-order valence-corrected chi connectivity index (χ0v) is 13.2. The molecular formula is C19H26N2. The summed E-state index contributed by atoms with van der Waals surface area (Å²) >= 11 is 0. The molecule has 1 fully saturated rings. The van der Waals surface area contributed by atoms with Crippen LogP contribution < -0.4 is 5.32 Å². The van der Waals surface area contributed by atoms with Crippen molar-refractivity contribution < 1.29 is 0 Å². The normalized spacial score (nSPS) is 19.0. The first-order valence-corrected chi connectivity index (χ1v) is 8.31. The number of hydrogen-bond acceptors (Lipinski definition) is 2. The van der Waals surface area contributed by atoms with Crippen LogP contribution in [0.3, 0.4) is 0 Å². The van der Waals surface area contributed by atoms with E-state index in [-0.39, 0.29) is 0 Å². The number of fused-ring (bicyclic) bond motifs is 1.